The predicted octanol–water partition coefficient (Wildman–Crippen LogP) is 4.52. The molecule has 0 aliphatic carbocycles. The molecule has 0 atom stereocenters. The molecule has 1 aromatic heterocycles. The Bertz CT molecular complexity index is 564. The van der Waals surface area contributed by atoms with E-state index >= 15 is 0 Å². The molecular formula is C12H6Cl3NO. The van der Waals surface area contributed by atoms with E-state index in [1.807, 2.05) is 0 Å². The predicted molar refractivity (Wildman–Crippen MR) is 70.1 cm³/mol. The lowest BCUT2D eigenvalue weighted by molar-refractivity contribution is 0.111. The van der Waals surface area contributed by atoms with E-state index in [0.717, 1.165) is 5.56 Å². The molecule has 86 valence electrons. The lowest BCUT2D eigenvalue weighted by Crippen LogP contribution is -1.92. The second kappa shape index (κ2) is 5.05. The summed E-state index contributed by atoms with van der Waals surface area (Å²) in [4.78, 5) is 14.9. The van der Waals surface area contributed by atoms with Crippen molar-refractivity contribution < 1.29 is 4.79 Å². The van der Waals surface area contributed by atoms with Crippen LogP contribution in [0.1, 0.15) is 10.5 Å². The highest BCUT2D eigenvalue weighted by Gasteiger charge is 2.08. The number of nitrogens with zero attached hydrogens (tertiary/aromatic N) is 1. The molecule has 0 N–H and O–H groups in total. The van der Waals surface area contributed by atoms with Gasteiger partial charge in [0.1, 0.15) is 10.8 Å². The van der Waals surface area contributed by atoms with Crippen molar-refractivity contribution in [2.75, 3.05) is 0 Å². The summed E-state index contributed by atoms with van der Waals surface area (Å²) in [7, 11) is 0. The summed E-state index contributed by atoms with van der Waals surface area (Å²) in [6, 6.07) is 8.37. The topological polar surface area (TPSA) is 30.0 Å². The van der Waals surface area contributed by atoms with E-state index in [2.05, 4.69) is 4.98 Å². The zero-order valence-electron chi connectivity index (χ0n) is 8.45. The molecule has 0 fully saturated rings. The van der Waals surface area contributed by atoms with E-state index in [0.29, 0.717) is 21.9 Å². The minimum Gasteiger partial charge on any atom is -0.296 e. The molecule has 17 heavy (non-hydrogen) atoms. The Hall–Kier alpha value is -1.09. The van der Waals surface area contributed by atoms with Crippen molar-refractivity contribution in [3.8, 4) is 11.1 Å². The van der Waals surface area contributed by atoms with Crippen molar-refractivity contribution in [3.63, 3.8) is 0 Å². The van der Waals surface area contributed by atoms with Gasteiger partial charge in [-0.05, 0) is 35.9 Å². The summed E-state index contributed by atoms with van der Waals surface area (Å²) in [6.45, 7) is 0. The first-order valence-electron chi connectivity index (χ1n) is 4.68. The van der Waals surface area contributed by atoms with Crippen molar-refractivity contribution in [1.29, 1.82) is 0 Å². The number of halogens is 3. The number of rotatable bonds is 2. The summed E-state index contributed by atoms with van der Waals surface area (Å²) in [5.41, 5.74) is 1.64. The molecule has 0 saturated heterocycles. The van der Waals surface area contributed by atoms with Crippen LogP contribution in [0, 0.1) is 0 Å². The third-order valence-electron chi connectivity index (χ3n) is 2.18. The van der Waals surface area contributed by atoms with E-state index in [9.17, 15) is 4.79 Å². The molecule has 0 radical (unpaired) electrons. The Morgan fingerprint density at radius 2 is 1.65 bits per heavy atom. The van der Waals surface area contributed by atoms with E-state index in [4.69, 9.17) is 34.8 Å². The Kier molecular flexibility index (Phi) is 3.67. The Labute approximate surface area is 113 Å². The van der Waals surface area contributed by atoms with Gasteiger partial charge in [-0.25, -0.2) is 4.98 Å². The van der Waals surface area contributed by atoms with Crippen molar-refractivity contribution in [2.45, 2.75) is 0 Å². The molecule has 1 heterocycles. The number of aldehydes is 1. The molecular weight excluding hydrogens is 280 g/mol. The van der Waals surface area contributed by atoms with Gasteiger partial charge in [0.15, 0.2) is 6.29 Å². The van der Waals surface area contributed by atoms with Crippen LogP contribution < -0.4 is 0 Å². The van der Waals surface area contributed by atoms with Crippen LogP contribution in [-0.4, -0.2) is 11.3 Å². The molecule has 5 heteroatoms. The fraction of sp³-hybridized carbons (Fsp3) is 0. The van der Waals surface area contributed by atoms with Gasteiger partial charge in [-0.3, -0.25) is 4.79 Å². The maximum Gasteiger partial charge on any atom is 0.169 e. The number of hydrogen-bond acceptors (Lipinski definition) is 2. The first-order chi connectivity index (χ1) is 8.10. The lowest BCUT2D eigenvalue weighted by Gasteiger charge is -2.06. The number of carbonyl (C=O) groups is 1. The standard InChI is InChI=1S/C12H6Cl3NO/c13-8-3-7(4-9(14)5-8)10-1-2-12(15)16-11(10)6-17/h1-6H. The third kappa shape index (κ3) is 2.78. The average molecular weight is 287 g/mol. The Balaban J connectivity index is 2.63. The van der Waals surface area contributed by atoms with Crippen LogP contribution >= 0.6 is 34.8 Å². The van der Waals surface area contributed by atoms with Gasteiger partial charge in [0.05, 0.1) is 0 Å². The normalized spacial score (nSPS) is 10.3. The highest BCUT2D eigenvalue weighted by Crippen LogP contribution is 2.29. The van der Waals surface area contributed by atoms with Crippen LogP contribution in [0.15, 0.2) is 30.3 Å². The smallest absolute Gasteiger partial charge is 0.169 e. The van der Waals surface area contributed by atoms with E-state index in [1.54, 1.807) is 30.3 Å². The Morgan fingerprint density at radius 3 is 2.24 bits per heavy atom. The lowest BCUT2D eigenvalue weighted by atomic mass is 10.0. The van der Waals surface area contributed by atoms with Gasteiger partial charge in [0.2, 0.25) is 0 Å². The van der Waals surface area contributed by atoms with Gasteiger partial charge < -0.3 is 0 Å². The molecule has 2 nitrogen and oxygen atoms in total. The fourth-order valence-electron chi connectivity index (χ4n) is 1.49. The maximum absolute atomic E-state index is 10.9. The van der Waals surface area contributed by atoms with Crippen LogP contribution in [0.25, 0.3) is 11.1 Å². The minimum absolute atomic E-state index is 0.260. The SMILES string of the molecule is O=Cc1nc(Cl)ccc1-c1cc(Cl)cc(Cl)c1. The number of pyridine rings is 1. The Morgan fingerprint density at radius 1 is 1.00 bits per heavy atom. The number of carbonyl (C=O) groups excluding carboxylic acids is 1. The van der Waals surface area contributed by atoms with E-state index in [-0.39, 0.29) is 10.8 Å². The van der Waals surface area contributed by atoms with Crippen molar-refractivity contribution >= 4 is 41.1 Å². The van der Waals surface area contributed by atoms with Crippen LogP contribution in [0.4, 0.5) is 0 Å². The quantitative estimate of drug-likeness (QED) is 0.600. The largest absolute Gasteiger partial charge is 0.296 e. The van der Waals surface area contributed by atoms with Crippen molar-refractivity contribution in [3.05, 3.63) is 51.2 Å². The molecule has 0 aliphatic rings. The molecule has 0 bridgehead atoms. The maximum atomic E-state index is 10.9. The molecule has 0 amide bonds. The van der Waals surface area contributed by atoms with Crippen molar-refractivity contribution in [1.82, 2.24) is 4.98 Å². The van der Waals surface area contributed by atoms with Gasteiger partial charge in [0, 0.05) is 15.6 Å². The van der Waals surface area contributed by atoms with Gasteiger partial charge in [-0.1, -0.05) is 34.8 Å². The van der Waals surface area contributed by atoms with Crippen LogP contribution in [0.3, 0.4) is 0 Å². The zero-order chi connectivity index (χ0) is 12.4. The molecule has 0 aliphatic heterocycles. The van der Waals surface area contributed by atoms with Gasteiger partial charge in [-0.15, -0.1) is 0 Å². The number of hydrogen-bond donors (Lipinski definition) is 0. The summed E-state index contributed by atoms with van der Waals surface area (Å²) in [5, 5.41) is 1.27. The van der Waals surface area contributed by atoms with Gasteiger partial charge in [0.25, 0.3) is 0 Å². The molecule has 0 saturated carbocycles. The summed E-state index contributed by atoms with van der Waals surface area (Å²) in [6.07, 6.45) is 0.649. The van der Waals surface area contributed by atoms with Crippen LogP contribution in [0.2, 0.25) is 15.2 Å². The van der Waals surface area contributed by atoms with Crippen LogP contribution in [-0.2, 0) is 0 Å². The minimum atomic E-state index is 0.260. The number of aromatic nitrogens is 1. The summed E-state index contributed by atoms with van der Waals surface area (Å²) >= 11 is 17.5. The van der Waals surface area contributed by atoms with E-state index < -0.39 is 0 Å². The average Bonchev–Trinajstić information content (AvgIpc) is 2.27. The molecule has 1 aromatic carbocycles. The monoisotopic (exact) mass is 285 g/mol. The summed E-state index contributed by atoms with van der Waals surface area (Å²) in [5.74, 6) is 0. The third-order valence-corrected chi connectivity index (χ3v) is 2.82. The van der Waals surface area contributed by atoms with Crippen LogP contribution in [0.5, 0.6) is 0 Å². The highest BCUT2D eigenvalue weighted by molar-refractivity contribution is 6.35. The summed E-state index contributed by atoms with van der Waals surface area (Å²) < 4.78 is 0. The second-order valence-electron chi connectivity index (χ2n) is 3.34. The molecule has 2 rings (SSSR count). The second-order valence-corrected chi connectivity index (χ2v) is 4.60. The highest BCUT2D eigenvalue weighted by atomic mass is 35.5. The van der Waals surface area contributed by atoms with Crippen molar-refractivity contribution in [2.24, 2.45) is 0 Å². The number of benzene rings is 1. The molecule has 2 aromatic rings. The first-order valence-corrected chi connectivity index (χ1v) is 5.82. The van der Waals surface area contributed by atoms with Gasteiger partial charge in [-0.2, -0.15) is 0 Å². The van der Waals surface area contributed by atoms with E-state index in [1.165, 1.54) is 0 Å². The van der Waals surface area contributed by atoms with Gasteiger partial charge >= 0.3 is 0 Å². The molecule has 0 spiro atoms. The zero-order valence-corrected chi connectivity index (χ0v) is 10.7. The fourth-order valence-corrected chi connectivity index (χ4v) is 2.17. The first kappa shape index (κ1) is 12.4. The molecule has 0 unspecified atom stereocenters.